The quantitative estimate of drug-likeness (QED) is 0.422. The van der Waals surface area contributed by atoms with Gasteiger partial charge in [-0.25, -0.2) is 14.3 Å². The zero-order chi connectivity index (χ0) is 23.3. The van der Waals surface area contributed by atoms with E-state index in [1.165, 1.54) is 18.9 Å². The van der Waals surface area contributed by atoms with E-state index in [-0.39, 0.29) is 28.5 Å². The monoisotopic (exact) mass is 436 g/mol. The Hall–Kier alpha value is -4.07. The van der Waals surface area contributed by atoms with E-state index >= 15 is 0 Å². The van der Waals surface area contributed by atoms with Gasteiger partial charge in [0.05, 0.1) is 26.5 Å². The predicted molar refractivity (Wildman–Crippen MR) is 118 cm³/mol. The van der Waals surface area contributed by atoms with Crippen molar-refractivity contribution in [3.05, 3.63) is 71.9 Å². The van der Waals surface area contributed by atoms with Crippen LogP contribution in [-0.2, 0) is 15.9 Å². The molecule has 0 atom stereocenters. The smallest absolute Gasteiger partial charge is 0.357 e. The van der Waals surface area contributed by atoms with Gasteiger partial charge >= 0.3 is 11.9 Å². The van der Waals surface area contributed by atoms with Gasteiger partial charge in [0.2, 0.25) is 0 Å². The lowest BCUT2D eigenvalue weighted by molar-refractivity contribution is 0.0549. The minimum Gasteiger partial charge on any atom is -0.504 e. The topological polar surface area (TPSA) is 99.9 Å². The van der Waals surface area contributed by atoms with Crippen LogP contribution in [0.25, 0.3) is 16.9 Å². The van der Waals surface area contributed by atoms with Crippen molar-refractivity contribution in [2.45, 2.75) is 13.3 Å². The minimum absolute atomic E-state index is 0.0224. The number of para-hydroxylation sites is 1. The van der Waals surface area contributed by atoms with Crippen molar-refractivity contribution in [2.24, 2.45) is 0 Å². The molecule has 0 saturated carbocycles. The minimum atomic E-state index is -0.751. The molecule has 1 N–H and O–H groups in total. The molecule has 0 radical (unpaired) electrons. The molecule has 32 heavy (non-hydrogen) atoms. The first kappa shape index (κ1) is 22.6. The SMILES string of the molecule is C=CCc1cc(-c2nn(-c3ccccc3)c(C(=O)OC)c2C(=O)OC)cc(OCC)c1O. The summed E-state index contributed by atoms with van der Waals surface area (Å²) in [5.74, 6) is -1.29. The van der Waals surface area contributed by atoms with Crippen molar-refractivity contribution < 1.29 is 28.9 Å². The number of allylic oxidation sites excluding steroid dienone is 1. The molecule has 0 aliphatic carbocycles. The van der Waals surface area contributed by atoms with Gasteiger partial charge in [0.15, 0.2) is 17.2 Å². The molecule has 3 rings (SSSR count). The number of aromatic hydroxyl groups is 1. The summed E-state index contributed by atoms with van der Waals surface area (Å²) in [5.41, 5.74) is 1.61. The number of phenols is 1. The lowest BCUT2D eigenvalue weighted by Crippen LogP contribution is -2.15. The van der Waals surface area contributed by atoms with Crippen molar-refractivity contribution in [1.82, 2.24) is 9.78 Å². The number of carbonyl (C=O) groups is 2. The highest BCUT2D eigenvalue weighted by Crippen LogP contribution is 2.38. The van der Waals surface area contributed by atoms with Gasteiger partial charge in [-0.1, -0.05) is 24.3 Å². The molecule has 0 fully saturated rings. The van der Waals surface area contributed by atoms with Crippen LogP contribution >= 0.6 is 0 Å². The summed E-state index contributed by atoms with van der Waals surface area (Å²) in [6, 6.07) is 12.1. The number of esters is 2. The third-order valence-electron chi connectivity index (χ3n) is 4.75. The number of phenolic OH excluding ortho intramolecular Hbond substituents is 1. The van der Waals surface area contributed by atoms with Gasteiger partial charge in [-0.05, 0) is 37.6 Å². The molecule has 0 aliphatic rings. The molecule has 0 bridgehead atoms. The van der Waals surface area contributed by atoms with Crippen LogP contribution in [0.1, 0.15) is 33.3 Å². The maximum absolute atomic E-state index is 12.8. The van der Waals surface area contributed by atoms with E-state index in [2.05, 4.69) is 11.7 Å². The third kappa shape index (κ3) is 4.20. The van der Waals surface area contributed by atoms with Crippen molar-refractivity contribution in [3.8, 4) is 28.4 Å². The van der Waals surface area contributed by atoms with Crippen LogP contribution in [0.15, 0.2) is 55.1 Å². The number of aromatic nitrogens is 2. The molecule has 0 unspecified atom stereocenters. The zero-order valence-electron chi connectivity index (χ0n) is 18.1. The summed E-state index contributed by atoms with van der Waals surface area (Å²) in [7, 11) is 2.44. The van der Waals surface area contributed by atoms with Crippen LogP contribution in [0.2, 0.25) is 0 Å². The van der Waals surface area contributed by atoms with Gasteiger partial charge < -0.3 is 19.3 Å². The fourth-order valence-electron chi connectivity index (χ4n) is 3.34. The molecule has 8 heteroatoms. The van der Waals surface area contributed by atoms with Crippen LogP contribution in [0, 0.1) is 0 Å². The molecular weight excluding hydrogens is 412 g/mol. The maximum Gasteiger partial charge on any atom is 0.357 e. The van der Waals surface area contributed by atoms with E-state index in [1.54, 1.807) is 49.4 Å². The number of methoxy groups -OCH3 is 2. The van der Waals surface area contributed by atoms with E-state index in [9.17, 15) is 14.7 Å². The lowest BCUT2D eigenvalue weighted by Gasteiger charge is -2.12. The summed E-state index contributed by atoms with van der Waals surface area (Å²) in [5, 5.41) is 15.1. The molecule has 0 spiro atoms. The average Bonchev–Trinajstić information content (AvgIpc) is 3.22. The molecule has 0 amide bonds. The van der Waals surface area contributed by atoms with E-state index in [0.29, 0.717) is 29.8 Å². The Morgan fingerprint density at radius 2 is 1.81 bits per heavy atom. The summed E-state index contributed by atoms with van der Waals surface area (Å²) in [4.78, 5) is 25.5. The molecule has 2 aromatic carbocycles. The van der Waals surface area contributed by atoms with Gasteiger partial charge in [0.25, 0.3) is 0 Å². The van der Waals surface area contributed by atoms with Gasteiger partial charge in [-0.3, -0.25) is 0 Å². The van der Waals surface area contributed by atoms with Crippen LogP contribution in [-0.4, -0.2) is 47.7 Å². The second-order valence-corrected chi connectivity index (χ2v) is 6.71. The van der Waals surface area contributed by atoms with E-state index in [1.807, 2.05) is 6.07 Å². The van der Waals surface area contributed by atoms with Gasteiger partial charge in [0.1, 0.15) is 11.3 Å². The Bertz CT molecular complexity index is 1150. The van der Waals surface area contributed by atoms with Crippen LogP contribution in [0.4, 0.5) is 0 Å². The summed E-state index contributed by atoms with van der Waals surface area (Å²) in [6.07, 6.45) is 1.99. The second-order valence-electron chi connectivity index (χ2n) is 6.71. The van der Waals surface area contributed by atoms with Crippen molar-refractivity contribution in [1.29, 1.82) is 0 Å². The van der Waals surface area contributed by atoms with Crippen molar-refractivity contribution in [2.75, 3.05) is 20.8 Å². The lowest BCUT2D eigenvalue weighted by atomic mass is 10.0. The fourth-order valence-corrected chi connectivity index (χ4v) is 3.34. The number of hydrogen-bond acceptors (Lipinski definition) is 7. The van der Waals surface area contributed by atoms with Crippen molar-refractivity contribution in [3.63, 3.8) is 0 Å². The average molecular weight is 436 g/mol. The number of carbonyl (C=O) groups excluding carboxylic acids is 2. The summed E-state index contributed by atoms with van der Waals surface area (Å²) >= 11 is 0. The largest absolute Gasteiger partial charge is 0.504 e. The van der Waals surface area contributed by atoms with E-state index in [4.69, 9.17) is 14.2 Å². The summed E-state index contributed by atoms with van der Waals surface area (Å²) < 4.78 is 16.8. The van der Waals surface area contributed by atoms with Gasteiger partial charge in [-0.15, -0.1) is 6.58 Å². The number of hydrogen-bond donors (Lipinski definition) is 1. The van der Waals surface area contributed by atoms with Gasteiger partial charge in [0, 0.05) is 11.1 Å². The highest BCUT2D eigenvalue weighted by molar-refractivity contribution is 6.07. The number of rotatable bonds is 8. The Morgan fingerprint density at radius 3 is 2.41 bits per heavy atom. The van der Waals surface area contributed by atoms with Crippen LogP contribution in [0.3, 0.4) is 0 Å². The molecule has 0 saturated heterocycles. The first-order chi connectivity index (χ1) is 15.5. The molecule has 166 valence electrons. The number of benzene rings is 2. The normalized spacial score (nSPS) is 10.5. The fraction of sp³-hybridized carbons (Fsp3) is 0.208. The Kier molecular flexibility index (Phi) is 6.94. The van der Waals surface area contributed by atoms with Crippen LogP contribution in [0.5, 0.6) is 11.5 Å². The maximum atomic E-state index is 12.8. The third-order valence-corrected chi connectivity index (χ3v) is 4.75. The van der Waals surface area contributed by atoms with E-state index in [0.717, 1.165) is 0 Å². The van der Waals surface area contributed by atoms with E-state index < -0.39 is 11.9 Å². The molecule has 1 aromatic heterocycles. The molecular formula is C24H24N2O6. The molecule has 8 nitrogen and oxygen atoms in total. The summed E-state index contributed by atoms with van der Waals surface area (Å²) in [6.45, 7) is 5.83. The Labute approximate surface area is 185 Å². The highest BCUT2D eigenvalue weighted by Gasteiger charge is 2.32. The second kappa shape index (κ2) is 9.82. The number of nitrogens with zero attached hydrogens (tertiary/aromatic N) is 2. The van der Waals surface area contributed by atoms with Crippen molar-refractivity contribution >= 4 is 11.9 Å². The molecule has 3 aromatic rings. The first-order valence-corrected chi connectivity index (χ1v) is 9.91. The Balaban J connectivity index is 2.38. The predicted octanol–water partition coefficient (Wildman–Crippen LogP) is 3.95. The molecule has 0 aliphatic heterocycles. The van der Waals surface area contributed by atoms with Crippen LogP contribution < -0.4 is 4.74 Å². The van der Waals surface area contributed by atoms with Gasteiger partial charge in [-0.2, -0.15) is 5.10 Å². The Morgan fingerprint density at radius 1 is 1.12 bits per heavy atom. The number of ether oxygens (including phenoxy) is 3. The first-order valence-electron chi connectivity index (χ1n) is 9.91. The highest BCUT2D eigenvalue weighted by atomic mass is 16.5. The zero-order valence-corrected chi connectivity index (χ0v) is 18.1. The standard InChI is InChI=1S/C24H24N2O6/c1-5-10-15-13-16(14-18(22(15)27)32-6-2)20-19(23(28)30-3)21(24(29)31-4)26(25-20)17-11-8-7-9-12-17/h5,7-9,11-14,27H,1,6,10H2,2-4H3. The molecule has 1 heterocycles.